The van der Waals surface area contributed by atoms with Crippen molar-refractivity contribution in [2.45, 2.75) is 19.4 Å². The number of nitrogens with one attached hydrogen (secondary N) is 1. The van der Waals surface area contributed by atoms with Gasteiger partial charge in [0.15, 0.2) is 0 Å². The summed E-state index contributed by atoms with van der Waals surface area (Å²) in [5, 5.41) is 10.9. The van der Waals surface area contributed by atoms with Gasteiger partial charge in [-0.2, -0.15) is 10.2 Å². The Balaban J connectivity index is 1.62. The number of anilines is 1. The zero-order valence-corrected chi connectivity index (χ0v) is 12.9. The fourth-order valence-electron chi connectivity index (χ4n) is 2.54. The van der Waals surface area contributed by atoms with Gasteiger partial charge in [0.1, 0.15) is 5.69 Å². The normalized spacial score (nSPS) is 15.5. The largest absolute Gasteiger partial charge is 0.381 e. The molecule has 122 valence electrons. The van der Waals surface area contributed by atoms with Gasteiger partial charge >= 0.3 is 0 Å². The Morgan fingerprint density at radius 2 is 2.17 bits per heavy atom. The van der Waals surface area contributed by atoms with Crippen molar-refractivity contribution in [1.82, 2.24) is 19.6 Å². The fraction of sp³-hybridized carbons (Fsp3) is 0.467. The number of aromatic nitrogens is 4. The third-order valence-corrected chi connectivity index (χ3v) is 3.87. The maximum atomic E-state index is 12.1. The van der Waals surface area contributed by atoms with Gasteiger partial charge in [-0.25, -0.2) is 4.68 Å². The molecule has 0 saturated carbocycles. The minimum Gasteiger partial charge on any atom is -0.381 e. The monoisotopic (exact) mass is 317 g/mol. The minimum atomic E-state index is -0.369. The number of aryl methyl sites for hydroxylation is 1. The Hall–Kier alpha value is -2.48. The zero-order valence-electron chi connectivity index (χ0n) is 12.9. The summed E-state index contributed by atoms with van der Waals surface area (Å²) >= 11 is 0. The number of hydrogen-bond acceptors (Lipinski definition) is 5. The molecule has 0 aromatic carbocycles. The van der Waals surface area contributed by atoms with Crippen molar-refractivity contribution >= 4 is 11.6 Å². The van der Waals surface area contributed by atoms with Crippen LogP contribution in [0.5, 0.6) is 0 Å². The molecule has 8 nitrogen and oxygen atoms in total. The van der Waals surface area contributed by atoms with E-state index < -0.39 is 0 Å². The summed E-state index contributed by atoms with van der Waals surface area (Å²) in [4.78, 5) is 23.4. The van der Waals surface area contributed by atoms with Gasteiger partial charge in [0.2, 0.25) is 0 Å². The van der Waals surface area contributed by atoms with E-state index in [0.717, 1.165) is 37.3 Å². The van der Waals surface area contributed by atoms with E-state index in [1.165, 1.54) is 19.2 Å². The second kappa shape index (κ2) is 6.74. The van der Waals surface area contributed by atoms with Crippen LogP contribution in [0.25, 0.3) is 0 Å². The summed E-state index contributed by atoms with van der Waals surface area (Å²) in [5.41, 5.74) is 0.535. The summed E-state index contributed by atoms with van der Waals surface area (Å²) in [7, 11) is 1.50. The van der Waals surface area contributed by atoms with Crippen molar-refractivity contribution in [2.24, 2.45) is 13.0 Å². The molecule has 0 bridgehead atoms. The fourth-order valence-corrected chi connectivity index (χ4v) is 2.54. The molecule has 0 atom stereocenters. The van der Waals surface area contributed by atoms with Crippen molar-refractivity contribution in [3.05, 3.63) is 40.6 Å². The molecule has 3 heterocycles. The molecule has 0 radical (unpaired) electrons. The van der Waals surface area contributed by atoms with E-state index in [2.05, 4.69) is 15.5 Å². The van der Waals surface area contributed by atoms with E-state index in [4.69, 9.17) is 4.74 Å². The molecule has 2 aromatic heterocycles. The van der Waals surface area contributed by atoms with E-state index in [9.17, 15) is 9.59 Å². The molecule has 1 aliphatic rings. The van der Waals surface area contributed by atoms with Gasteiger partial charge in [-0.15, -0.1) is 0 Å². The van der Waals surface area contributed by atoms with Crippen molar-refractivity contribution in [3.8, 4) is 0 Å². The van der Waals surface area contributed by atoms with Crippen LogP contribution >= 0.6 is 0 Å². The molecule has 0 aliphatic carbocycles. The lowest BCUT2D eigenvalue weighted by molar-refractivity contribution is 0.0601. The van der Waals surface area contributed by atoms with Gasteiger partial charge in [0.05, 0.1) is 11.9 Å². The Morgan fingerprint density at radius 3 is 2.91 bits per heavy atom. The van der Waals surface area contributed by atoms with Crippen molar-refractivity contribution in [1.29, 1.82) is 0 Å². The number of rotatable bonds is 4. The topological polar surface area (TPSA) is 91.0 Å². The molecular formula is C15H19N5O3. The van der Waals surface area contributed by atoms with Gasteiger partial charge in [-0.05, 0) is 24.8 Å². The Morgan fingerprint density at radius 1 is 1.39 bits per heavy atom. The van der Waals surface area contributed by atoms with Gasteiger partial charge in [-0.3, -0.25) is 14.3 Å². The highest BCUT2D eigenvalue weighted by molar-refractivity contribution is 6.02. The molecule has 0 unspecified atom stereocenters. The molecule has 2 aromatic rings. The summed E-state index contributed by atoms with van der Waals surface area (Å²) in [6.45, 7) is 2.42. The lowest BCUT2D eigenvalue weighted by atomic mass is 10.0. The molecule has 23 heavy (non-hydrogen) atoms. The maximum Gasteiger partial charge on any atom is 0.276 e. The lowest BCUT2D eigenvalue weighted by Crippen LogP contribution is -2.23. The smallest absolute Gasteiger partial charge is 0.276 e. The molecule has 3 rings (SSSR count). The Labute approximate surface area is 133 Å². The van der Waals surface area contributed by atoms with E-state index >= 15 is 0 Å². The van der Waals surface area contributed by atoms with Crippen LogP contribution in [0, 0.1) is 5.92 Å². The lowest BCUT2D eigenvalue weighted by Gasteiger charge is -2.21. The van der Waals surface area contributed by atoms with Gasteiger partial charge in [0.25, 0.3) is 11.5 Å². The summed E-state index contributed by atoms with van der Waals surface area (Å²) < 4.78 is 8.31. The van der Waals surface area contributed by atoms with Gasteiger partial charge in [-0.1, -0.05) is 0 Å². The average molecular weight is 317 g/mol. The number of nitrogens with zero attached hydrogens (tertiary/aromatic N) is 4. The first-order chi connectivity index (χ1) is 11.1. The highest BCUT2D eigenvalue weighted by atomic mass is 16.5. The van der Waals surface area contributed by atoms with Crippen LogP contribution in [0.3, 0.4) is 0 Å². The first-order valence-corrected chi connectivity index (χ1v) is 7.58. The van der Waals surface area contributed by atoms with Crippen LogP contribution in [0.15, 0.2) is 29.3 Å². The van der Waals surface area contributed by atoms with Crippen molar-refractivity contribution < 1.29 is 9.53 Å². The van der Waals surface area contributed by atoms with E-state index in [1.54, 1.807) is 12.4 Å². The SMILES string of the molecule is Cn1nc(C(=O)Nc2cnn(CC3CCOCC3)c2)ccc1=O. The molecule has 1 saturated heterocycles. The summed E-state index contributed by atoms with van der Waals surface area (Å²) in [6.07, 6.45) is 5.47. The minimum absolute atomic E-state index is 0.185. The second-order valence-corrected chi connectivity index (χ2v) is 5.64. The predicted octanol–water partition coefficient (Wildman–Crippen LogP) is 0.656. The Bertz CT molecular complexity index is 746. The van der Waals surface area contributed by atoms with Gasteiger partial charge < -0.3 is 10.1 Å². The van der Waals surface area contributed by atoms with Crippen LogP contribution in [-0.2, 0) is 18.3 Å². The first kappa shape index (κ1) is 15.4. The van der Waals surface area contributed by atoms with E-state index in [-0.39, 0.29) is 17.2 Å². The van der Waals surface area contributed by atoms with E-state index in [1.807, 2.05) is 4.68 Å². The van der Waals surface area contributed by atoms with Gasteiger partial charge in [0, 0.05) is 39.1 Å². The van der Waals surface area contributed by atoms with Crippen LogP contribution in [-0.4, -0.2) is 38.7 Å². The third-order valence-electron chi connectivity index (χ3n) is 3.87. The van der Waals surface area contributed by atoms with Crippen LogP contribution < -0.4 is 10.9 Å². The predicted molar refractivity (Wildman–Crippen MR) is 83.2 cm³/mol. The van der Waals surface area contributed by atoms with Crippen molar-refractivity contribution in [3.63, 3.8) is 0 Å². The zero-order chi connectivity index (χ0) is 16.2. The first-order valence-electron chi connectivity index (χ1n) is 7.58. The molecule has 8 heteroatoms. The number of ether oxygens (including phenoxy) is 1. The average Bonchev–Trinajstić information content (AvgIpc) is 2.98. The van der Waals surface area contributed by atoms with Crippen LogP contribution in [0.1, 0.15) is 23.3 Å². The van der Waals surface area contributed by atoms with Crippen molar-refractivity contribution in [2.75, 3.05) is 18.5 Å². The molecule has 1 fully saturated rings. The number of carbonyl (C=O) groups excluding carboxylic acids is 1. The van der Waals surface area contributed by atoms with Crippen LogP contribution in [0.2, 0.25) is 0 Å². The molecular weight excluding hydrogens is 298 g/mol. The molecule has 0 spiro atoms. The summed E-state index contributed by atoms with van der Waals surface area (Å²) in [5.74, 6) is 0.184. The standard InChI is InChI=1S/C15H19N5O3/c1-19-14(21)3-2-13(18-19)15(22)17-12-8-16-20(10-12)9-11-4-6-23-7-5-11/h2-3,8,10-11H,4-7,9H2,1H3,(H,17,22). The number of amides is 1. The maximum absolute atomic E-state index is 12.1. The summed E-state index contributed by atoms with van der Waals surface area (Å²) in [6, 6.07) is 2.72. The quantitative estimate of drug-likeness (QED) is 0.894. The number of hydrogen-bond donors (Lipinski definition) is 1. The molecule has 1 N–H and O–H groups in total. The second-order valence-electron chi connectivity index (χ2n) is 5.64. The highest BCUT2D eigenvalue weighted by Gasteiger charge is 2.15. The van der Waals surface area contributed by atoms with E-state index in [0.29, 0.717) is 11.6 Å². The molecule has 1 amide bonds. The third kappa shape index (κ3) is 3.84. The molecule has 1 aliphatic heterocycles. The number of carbonyl (C=O) groups is 1. The Kier molecular flexibility index (Phi) is 4.52. The van der Waals surface area contributed by atoms with Crippen LogP contribution in [0.4, 0.5) is 5.69 Å². The highest BCUT2D eigenvalue weighted by Crippen LogP contribution is 2.17.